The maximum Gasteiger partial charge on any atom is 0.181 e. The van der Waals surface area contributed by atoms with Crippen molar-refractivity contribution in [3.63, 3.8) is 0 Å². The van der Waals surface area contributed by atoms with Crippen LogP contribution in [0.5, 0.6) is 11.5 Å². The third-order valence-electron chi connectivity index (χ3n) is 2.51. The summed E-state index contributed by atoms with van der Waals surface area (Å²) in [4.78, 5) is 0. The molecule has 0 radical (unpaired) electrons. The molecule has 3 nitrogen and oxygen atoms in total. The van der Waals surface area contributed by atoms with Gasteiger partial charge in [0.2, 0.25) is 0 Å². The van der Waals surface area contributed by atoms with Crippen LogP contribution in [-0.2, 0) is 6.54 Å². The van der Waals surface area contributed by atoms with Crippen molar-refractivity contribution < 1.29 is 9.47 Å². The van der Waals surface area contributed by atoms with Crippen molar-refractivity contribution in [2.45, 2.75) is 26.8 Å². The number of benzene rings is 1. The second kappa shape index (κ2) is 8.68. The van der Waals surface area contributed by atoms with Crippen LogP contribution >= 0.6 is 11.6 Å². The van der Waals surface area contributed by atoms with Crippen LogP contribution in [0, 0.1) is 11.8 Å². The van der Waals surface area contributed by atoms with Gasteiger partial charge >= 0.3 is 0 Å². The van der Waals surface area contributed by atoms with E-state index in [1.165, 1.54) is 0 Å². The molecule has 0 amide bonds. The van der Waals surface area contributed by atoms with E-state index in [4.69, 9.17) is 21.1 Å². The molecule has 19 heavy (non-hydrogen) atoms. The van der Waals surface area contributed by atoms with E-state index in [0.717, 1.165) is 25.1 Å². The molecule has 0 saturated carbocycles. The van der Waals surface area contributed by atoms with Crippen molar-refractivity contribution in [3.05, 3.63) is 22.7 Å². The highest BCUT2D eigenvalue weighted by Crippen LogP contribution is 2.36. The molecule has 0 fully saturated rings. The number of methoxy groups -OCH3 is 1. The van der Waals surface area contributed by atoms with Gasteiger partial charge in [0.25, 0.3) is 0 Å². The molecule has 0 aliphatic carbocycles. The molecule has 1 aromatic rings. The third-order valence-corrected chi connectivity index (χ3v) is 2.79. The number of halogens is 1. The number of rotatable bonds is 7. The van der Waals surface area contributed by atoms with Gasteiger partial charge in [-0.1, -0.05) is 24.4 Å². The van der Waals surface area contributed by atoms with Crippen LogP contribution in [0.15, 0.2) is 12.1 Å². The average Bonchev–Trinajstić information content (AvgIpc) is 2.41. The first-order valence-electron chi connectivity index (χ1n) is 6.32. The molecule has 104 valence electrons. The summed E-state index contributed by atoms with van der Waals surface area (Å²) < 4.78 is 10.8. The molecule has 0 bridgehead atoms. The fourth-order valence-corrected chi connectivity index (χ4v) is 1.89. The van der Waals surface area contributed by atoms with Gasteiger partial charge in [0, 0.05) is 6.54 Å². The lowest BCUT2D eigenvalue weighted by Gasteiger charge is -2.13. The van der Waals surface area contributed by atoms with Crippen LogP contribution < -0.4 is 14.8 Å². The van der Waals surface area contributed by atoms with Gasteiger partial charge in [-0.3, -0.25) is 0 Å². The largest absolute Gasteiger partial charge is 0.493 e. The van der Waals surface area contributed by atoms with Crippen molar-refractivity contribution in [2.75, 3.05) is 20.3 Å². The normalized spacial score (nSPS) is 9.68. The van der Waals surface area contributed by atoms with E-state index in [9.17, 15) is 0 Å². The molecule has 0 aromatic heterocycles. The summed E-state index contributed by atoms with van der Waals surface area (Å²) in [6, 6.07) is 3.82. The van der Waals surface area contributed by atoms with E-state index in [1.807, 2.05) is 12.1 Å². The van der Waals surface area contributed by atoms with Gasteiger partial charge in [-0.2, -0.15) is 0 Å². The second-order valence-corrected chi connectivity index (χ2v) is 4.41. The van der Waals surface area contributed by atoms with Crippen LogP contribution in [0.4, 0.5) is 0 Å². The zero-order chi connectivity index (χ0) is 14.1. The van der Waals surface area contributed by atoms with Crippen molar-refractivity contribution in [1.29, 1.82) is 0 Å². The maximum atomic E-state index is 6.22. The summed E-state index contributed by atoms with van der Waals surface area (Å²) >= 11 is 6.22. The van der Waals surface area contributed by atoms with E-state index in [2.05, 4.69) is 24.1 Å². The monoisotopic (exact) mass is 281 g/mol. The highest BCUT2D eigenvalue weighted by Gasteiger charge is 2.11. The molecular formula is C15H20ClNO2. The minimum Gasteiger partial charge on any atom is -0.493 e. The molecule has 0 aliphatic rings. The molecule has 0 spiro atoms. The standard InChI is InChI=1S/C15H20ClNO2/c1-4-6-8-19-15-13(16)9-12(10-14(15)18-3)11-17-7-5-2/h9-10,17H,5,7-8,11H2,1-3H3. The summed E-state index contributed by atoms with van der Waals surface area (Å²) in [5.41, 5.74) is 1.07. The number of ether oxygens (including phenoxy) is 2. The summed E-state index contributed by atoms with van der Waals surface area (Å²) in [6.45, 7) is 5.94. The van der Waals surface area contributed by atoms with Crippen LogP contribution in [0.1, 0.15) is 25.8 Å². The molecule has 0 saturated heterocycles. The Morgan fingerprint density at radius 3 is 2.79 bits per heavy atom. The zero-order valence-corrected chi connectivity index (χ0v) is 12.4. The van der Waals surface area contributed by atoms with Gasteiger partial charge in [0.05, 0.1) is 12.1 Å². The number of hydrogen-bond donors (Lipinski definition) is 1. The summed E-state index contributed by atoms with van der Waals surface area (Å²) in [5.74, 6) is 6.79. The third kappa shape index (κ3) is 5.02. The Bertz CT molecular complexity index is 463. The van der Waals surface area contributed by atoms with Gasteiger partial charge in [0.1, 0.15) is 6.61 Å². The predicted molar refractivity (Wildman–Crippen MR) is 78.9 cm³/mol. The topological polar surface area (TPSA) is 30.5 Å². The summed E-state index contributed by atoms with van der Waals surface area (Å²) in [6.07, 6.45) is 1.10. The van der Waals surface area contributed by atoms with Crippen LogP contribution in [-0.4, -0.2) is 20.3 Å². The first-order valence-corrected chi connectivity index (χ1v) is 6.70. The summed E-state index contributed by atoms with van der Waals surface area (Å²) in [5, 5.41) is 3.87. The average molecular weight is 282 g/mol. The first-order chi connectivity index (χ1) is 9.22. The van der Waals surface area contributed by atoms with Crippen LogP contribution in [0.2, 0.25) is 5.02 Å². The van der Waals surface area contributed by atoms with Gasteiger partial charge in [-0.05, 0) is 37.6 Å². The Morgan fingerprint density at radius 1 is 1.37 bits per heavy atom. The van der Waals surface area contributed by atoms with Crippen molar-refractivity contribution >= 4 is 11.6 Å². The highest BCUT2D eigenvalue weighted by atomic mass is 35.5. The maximum absolute atomic E-state index is 6.22. The minimum atomic E-state index is 0.306. The SMILES string of the molecule is CC#CCOc1c(Cl)cc(CNCCC)cc1OC. The quantitative estimate of drug-likeness (QED) is 0.615. The van der Waals surface area contributed by atoms with Crippen molar-refractivity contribution in [3.8, 4) is 23.3 Å². The van der Waals surface area contributed by atoms with Crippen LogP contribution in [0.3, 0.4) is 0 Å². The predicted octanol–water partition coefficient (Wildman–Crippen LogP) is 3.25. The van der Waals surface area contributed by atoms with Crippen LogP contribution in [0.25, 0.3) is 0 Å². The Hall–Kier alpha value is -1.37. The molecule has 0 heterocycles. The molecule has 1 rings (SSSR count). The minimum absolute atomic E-state index is 0.306. The molecule has 1 aromatic carbocycles. The molecular weight excluding hydrogens is 262 g/mol. The Balaban J connectivity index is 2.83. The van der Waals surface area contributed by atoms with Crippen molar-refractivity contribution in [1.82, 2.24) is 5.32 Å². The zero-order valence-electron chi connectivity index (χ0n) is 11.7. The Labute approximate surface area is 120 Å². The lowest BCUT2D eigenvalue weighted by atomic mass is 10.2. The van der Waals surface area contributed by atoms with E-state index in [1.54, 1.807) is 14.0 Å². The van der Waals surface area contributed by atoms with Crippen molar-refractivity contribution in [2.24, 2.45) is 0 Å². The van der Waals surface area contributed by atoms with E-state index >= 15 is 0 Å². The summed E-state index contributed by atoms with van der Waals surface area (Å²) in [7, 11) is 1.60. The molecule has 1 N–H and O–H groups in total. The molecule has 4 heteroatoms. The Morgan fingerprint density at radius 2 is 2.16 bits per heavy atom. The first kappa shape index (κ1) is 15.7. The fraction of sp³-hybridized carbons (Fsp3) is 0.467. The van der Waals surface area contributed by atoms with E-state index < -0.39 is 0 Å². The lowest BCUT2D eigenvalue weighted by Crippen LogP contribution is -2.14. The Kier molecular flexibility index (Phi) is 7.17. The molecule has 0 atom stereocenters. The van der Waals surface area contributed by atoms with E-state index in [-0.39, 0.29) is 0 Å². The number of nitrogens with one attached hydrogen (secondary N) is 1. The number of hydrogen-bond acceptors (Lipinski definition) is 3. The van der Waals surface area contributed by atoms with Gasteiger partial charge in [-0.15, -0.1) is 5.92 Å². The molecule has 0 aliphatic heterocycles. The smallest absolute Gasteiger partial charge is 0.181 e. The highest BCUT2D eigenvalue weighted by molar-refractivity contribution is 6.32. The van der Waals surface area contributed by atoms with Gasteiger partial charge in [-0.25, -0.2) is 0 Å². The van der Waals surface area contributed by atoms with Gasteiger partial charge < -0.3 is 14.8 Å². The molecule has 0 unspecified atom stereocenters. The fourth-order valence-electron chi connectivity index (χ4n) is 1.61. The van der Waals surface area contributed by atoms with Gasteiger partial charge in [0.15, 0.2) is 11.5 Å². The van der Waals surface area contributed by atoms with E-state index in [0.29, 0.717) is 23.1 Å². The lowest BCUT2D eigenvalue weighted by molar-refractivity contribution is 0.330. The second-order valence-electron chi connectivity index (χ2n) is 4.00.